The second-order valence-corrected chi connectivity index (χ2v) is 7.51. The van der Waals surface area contributed by atoms with Crippen LogP contribution in [-0.2, 0) is 31.0 Å². The molecule has 2 aromatic rings. The van der Waals surface area contributed by atoms with Gasteiger partial charge in [0.1, 0.15) is 0 Å². The molecule has 5 rings (SSSR count). The van der Waals surface area contributed by atoms with Crippen LogP contribution in [0.2, 0.25) is 0 Å². The molecule has 2 aromatic carbocycles. The maximum atomic E-state index is 13.6. The van der Waals surface area contributed by atoms with E-state index >= 15 is 0 Å². The number of benzene rings is 2. The molecule has 3 aliphatic rings. The van der Waals surface area contributed by atoms with Gasteiger partial charge in [0.05, 0.1) is 0 Å². The third kappa shape index (κ3) is 1.96. The first kappa shape index (κ1) is 18.0. The summed E-state index contributed by atoms with van der Waals surface area (Å²) in [6.45, 7) is 1.71. The third-order valence-corrected chi connectivity index (χ3v) is 6.03. The first-order chi connectivity index (χ1) is 13.9. The first-order valence-electron chi connectivity index (χ1n) is 9.37. The van der Waals surface area contributed by atoms with Gasteiger partial charge in [0.15, 0.2) is 5.90 Å². The van der Waals surface area contributed by atoms with Gasteiger partial charge in [-0.3, -0.25) is 19.2 Å². The average Bonchev–Trinajstić information content (AvgIpc) is 2.96. The van der Waals surface area contributed by atoms with Gasteiger partial charge in [-0.05, 0) is 11.6 Å². The maximum Gasteiger partial charge on any atom is 0.360 e. The van der Waals surface area contributed by atoms with Crippen LogP contribution in [0.5, 0.6) is 0 Å². The number of rotatable bonds is 3. The van der Waals surface area contributed by atoms with Gasteiger partial charge in [-0.15, -0.1) is 0 Å². The molecule has 3 atom stereocenters. The van der Waals surface area contributed by atoms with E-state index in [1.54, 1.807) is 31.2 Å². The number of amides is 2. The van der Waals surface area contributed by atoms with Gasteiger partial charge in [0.25, 0.3) is 11.8 Å². The lowest BCUT2D eigenvalue weighted by Crippen LogP contribution is -2.84. The monoisotopic (exact) mass is 392 g/mol. The Morgan fingerprint density at radius 1 is 1.07 bits per heavy atom. The van der Waals surface area contributed by atoms with Gasteiger partial charge in [-0.2, -0.15) is 0 Å². The second-order valence-electron chi connectivity index (χ2n) is 7.51. The Hall–Kier alpha value is -3.03. The van der Waals surface area contributed by atoms with Crippen molar-refractivity contribution in [3.8, 4) is 0 Å². The number of ether oxygens (including phenoxy) is 3. The molecule has 7 nitrogen and oxygen atoms in total. The summed E-state index contributed by atoms with van der Waals surface area (Å²) in [7, 11) is 2.93. The van der Waals surface area contributed by atoms with Crippen molar-refractivity contribution in [3.05, 3.63) is 71.3 Å². The van der Waals surface area contributed by atoms with Crippen molar-refractivity contribution >= 4 is 17.7 Å². The van der Waals surface area contributed by atoms with Crippen molar-refractivity contribution in [1.82, 2.24) is 4.90 Å². The number of likely N-dealkylation sites (N-methyl/N-ethyl adjacent to an activating group) is 1. The molecule has 7 heteroatoms. The second kappa shape index (κ2) is 5.75. The Morgan fingerprint density at radius 3 is 2.48 bits per heavy atom. The normalized spacial score (nSPS) is 32.4. The molecule has 0 unspecified atom stereocenters. The van der Waals surface area contributed by atoms with Crippen LogP contribution in [-0.4, -0.2) is 48.3 Å². The summed E-state index contributed by atoms with van der Waals surface area (Å²) < 4.78 is 17.8. The highest BCUT2D eigenvalue weighted by Crippen LogP contribution is 2.65. The fourth-order valence-electron chi connectivity index (χ4n) is 4.79. The van der Waals surface area contributed by atoms with Crippen molar-refractivity contribution in [2.75, 3.05) is 14.2 Å². The minimum atomic E-state index is -1.54. The molecule has 2 amide bonds. The molecule has 1 spiro atoms. The van der Waals surface area contributed by atoms with Crippen LogP contribution < -0.4 is 0 Å². The number of fused-ring (bicyclic) bond motifs is 4. The molecule has 3 aliphatic heterocycles. The maximum absolute atomic E-state index is 13.6. The molecule has 148 valence electrons. The number of methoxy groups -OCH3 is 1. The van der Waals surface area contributed by atoms with Crippen LogP contribution in [0.15, 0.2) is 59.6 Å². The molecule has 0 N–H and O–H groups in total. The van der Waals surface area contributed by atoms with Crippen molar-refractivity contribution in [2.45, 2.75) is 30.5 Å². The Morgan fingerprint density at radius 2 is 1.76 bits per heavy atom. The van der Waals surface area contributed by atoms with Gasteiger partial charge < -0.3 is 9.47 Å². The largest absolute Gasteiger partial charge is 0.424 e. The predicted molar refractivity (Wildman–Crippen MR) is 103 cm³/mol. The van der Waals surface area contributed by atoms with Gasteiger partial charge in [-0.1, -0.05) is 48.5 Å². The summed E-state index contributed by atoms with van der Waals surface area (Å²) in [6, 6.07) is 16.7. The average molecular weight is 392 g/mol. The molecule has 29 heavy (non-hydrogen) atoms. The summed E-state index contributed by atoms with van der Waals surface area (Å²) in [5.41, 5.74) is -0.910. The van der Waals surface area contributed by atoms with Gasteiger partial charge in [0, 0.05) is 38.6 Å². The van der Waals surface area contributed by atoms with E-state index in [1.807, 2.05) is 30.3 Å². The van der Waals surface area contributed by atoms with Crippen molar-refractivity contribution in [1.29, 1.82) is 0 Å². The number of hydrogen-bond donors (Lipinski definition) is 0. The molecule has 0 bridgehead atoms. The van der Waals surface area contributed by atoms with Crippen LogP contribution in [0.25, 0.3) is 0 Å². The summed E-state index contributed by atoms with van der Waals surface area (Å²) in [6.07, 6.45) is 0.334. The SMILES string of the molecule is CO[C@]12OC(C)=N[C@@]1(Cc1ccccc1)[C@]1(O2)C(=O)N(C)C(=O)c2ccccc21. The molecule has 0 radical (unpaired) electrons. The van der Waals surface area contributed by atoms with E-state index in [0.29, 0.717) is 23.4 Å². The van der Waals surface area contributed by atoms with E-state index in [2.05, 4.69) is 0 Å². The van der Waals surface area contributed by atoms with E-state index in [9.17, 15) is 9.59 Å². The van der Waals surface area contributed by atoms with Crippen molar-refractivity contribution in [3.63, 3.8) is 0 Å². The summed E-state index contributed by atoms with van der Waals surface area (Å²) in [5.74, 6) is -2.03. The number of imide groups is 1. The first-order valence-corrected chi connectivity index (χ1v) is 9.37. The molecule has 1 saturated heterocycles. The lowest BCUT2D eigenvalue weighted by atomic mass is 9.62. The van der Waals surface area contributed by atoms with Crippen molar-refractivity contribution < 1.29 is 23.8 Å². The van der Waals surface area contributed by atoms with Crippen LogP contribution in [0.1, 0.15) is 28.4 Å². The van der Waals surface area contributed by atoms with E-state index < -0.39 is 23.0 Å². The van der Waals surface area contributed by atoms with E-state index in [4.69, 9.17) is 19.2 Å². The van der Waals surface area contributed by atoms with Gasteiger partial charge in [0.2, 0.25) is 11.1 Å². The zero-order valence-corrected chi connectivity index (χ0v) is 16.3. The Labute approximate surface area is 167 Å². The Kier molecular flexibility index (Phi) is 3.57. The summed E-state index contributed by atoms with van der Waals surface area (Å²) in [4.78, 5) is 32.3. The number of carbonyl (C=O) groups is 2. The molecule has 1 fully saturated rings. The van der Waals surface area contributed by atoms with E-state index in [-0.39, 0.29) is 5.91 Å². The fourth-order valence-corrected chi connectivity index (χ4v) is 4.79. The van der Waals surface area contributed by atoms with Gasteiger partial charge in [-0.25, -0.2) is 4.99 Å². The molecular formula is C22H20N2O5. The standard InChI is InChI=1S/C22H20N2O5/c1-14-23-20(13-15-9-5-4-6-10-15)21(29-22(20,27-3)28-14)17-12-8-7-11-16(17)18(25)24(2)19(21)26/h4-12H,13H2,1-3H3/t20-,21+,22-/m0/s1. The third-order valence-electron chi connectivity index (χ3n) is 6.03. The van der Waals surface area contributed by atoms with Crippen molar-refractivity contribution in [2.24, 2.45) is 4.99 Å². The zero-order valence-electron chi connectivity index (χ0n) is 16.3. The molecule has 0 saturated carbocycles. The number of carbonyl (C=O) groups excluding carboxylic acids is 2. The van der Waals surface area contributed by atoms with Crippen LogP contribution >= 0.6 is 0 Å². The topological polar surface area (TPSA) is 77.4 Å². The summed E-state index contributed by atoms with van der Waals surface area (Å²) >= 11 is 0. The minimum absolute atomic E-state index is 0.334. The predicted octanol–water partition coefficient (Wildman–Crippen LogP) is 2.25. The molecule has 0 aliphatic carbocycles. The Bertz CT molecular complexity index is 1070. The van der Waals surface area contributed by atoms with Crippen LogP contribution in [0.3, 0.4) is 0 Å². The molecule has 3 heterocycles. The smallest absolute Gasteiger partial charge is 0.360 e. The highest BCUT2D eigenvalue weighted by Gasteiger charge is 2.87. The highest BCUT2D eigenvalue weighted by molar-refractivity contribution is 6.13. The van der Waals surface area contributed by atoms with E-state index in [0.717, 1.165) is 10.5 Å². The fraction of sp³-hybridized carbons (Fsp3) is 0.318. The van der Waals surface area contributed by atoms with Crippen LogP contribution in [0, 0.1) is 0 Å². The highest BCUT2D eigenvalue weighted by atomic mass is 16.9. The zero-order chi connectivity index (χ0) is 20.4. The minimum Gasteiger partial charge on any atom is -0.424 e. The van der Waals surface area contributed by atoms with Gasteiger partial charge >= 0.3 is 5.97 Å². The Balaban J connectivity index is 1.79. The number of aliphatic imine (C=N–C) groups is 1. The lowest BCUT2D eigenvalue weighted by Gasteiger charge is -2.62. The quantitative estimate of drug-likeness (QED) is 0.749. The van der Waals surface area contributed by atoms with Crippen LogP contribution in [0.4, 0.5) is 0 Å². The molecular weight excluding hydrogens is 372 g/mol. The van der Waals surface area contributed by atoms with E-state index in [1.165, 1.54) is 14.2 Å². The lowest BCUT2D eigenvalue weighted by molar-refractivity contribution is -0.489. The molecule has 0 aromatic heterocycles. The summed E-state index contributed by atoms with van der Waals surface area (Å²) in [5, 5.41) is 0. The number of hydrogen-bond acceptors (Lipinski definition) is 6. The number of nitrogens with zero attached hydrogens (tertiary/aromatic N) is 2.